The highest BCUT2D eigenvalue weighted by atomic mass is 19.3. The number of benzene rings is 1. The Bertz CT molecular complexity index is 1170. The van der Waals surface area contributed by atoms with Gasteiger partial charge in [0.05, 0.1) is 0 Å². The molecule has 3 rings (SSSR count). The third-order valence-corrected chi connectivity index (χ3v) is 7.08. The maximum absolute atomic E-state index is 14.3. The summed E-state index contributed by atoms with van der Waals surface area (Å²) < 4.78 is 43.5. The molecule has 1 amide bonds. The first-order chi connectivity index (χ1) is 20.7. The minimum atomic E-state index is -3.09. The lowest BCUT2D eigenvalue weighted by Crippen LogP contribution is -2.16. The molecular weight excluding hydrogens is 573 g/mol. The Morgan fingerprint density at radius 1 is 1.18 bits per heavy atom. The number of carbonyl (C=O) groups excluding carboxylic acids is 2. The number of ether oxygens (including phenoxy) is 1. The number of alkyl halides is 2. The molecule has 1 aromatic heterocycles. The number of carbonyl (C=O) groups is 3. The van der Waals surface area contributed by atoms with Crippen LogP contribution in [0.25, 0.3) is 11.1 Å². The van der Waals surface area contributed by atoms with Gasteiger partial charge in [-0.15, -0.1) is 0 Å². The highest BCUT2D eigenvalue weighted by Crippen LogP contribution is 2.33. The van der Waals surface area contributed by atoms with E-state index < -0.39 is 18.2 Å². The molecule has 10 heteroatoms. The number of anilines is 1. The van der Waals surface area contributed by atoms with E-state index in [1.54, 1.807) is 19.2 Å². The Kier molecular flexibility index (Phi) is 19.3. The summed E-state index contributed by atoms with van der Waals surface area (Å²) in [4.78, 5) is 32.9. The molecule has 44 heavy (non-hydrogen) atoms. The number of pyridine rings is 1. The molecule has 1 aliphatic carbocycles. The van der Waals surface area contributed by atoms with Crippen molar-refractivity contribution in [1.82, 2.24) is 4.98 Å². The fourth-order valence-electron chi connectivity index (χ4n) is 4.74. The van der Waals surface area contributed by atoms with Crippen LogP contribution in [0, 0.1) is 24.1 Å². The van der Waals surface area contributed by atoms with Crippen LogP contribution in [0.5, 0.6) is 5.75 Å². The molecule has 1 heterocycles. The molecular formula is C34H49F3N2O5. The number of amides is 1. The van der Waals surface area contributed by atoms with E-state index in [4.69, 9.17) is 14.7 Å². The molecule has 0 saturated heterocycles. The number of nitrogens with one attached hydrogen (secondary N) is 1. The normalized spacial score (nSPS) is 13.5. The van der Waals surface area contributed by atoms with E-state index in [0.29, 0.717) is 29.8 Å². The van der Waals surface area contributed by atoms with Crippen LogP contribution in [0.2, 0.25) is 0 Å². The Morgan fingerprint density at radius 3 is 2.20 bits per heavy atom. The predicted molar refractivity (Wildman–Crippen MR) is 170 cm³/mol. The van der Waals surface area contributed by atoms with Crippen LogP contribution in [0.15, 0.2) is 30.5 Å². The van der Waals surface area contributed by atoms with Gasteiger partial charge in [0.25, 0.3) is 6.47 Å². The monoisotopic (exact) mass is 622 g/mol. The van der Waals surface area contributed by atoms with E-state index in [-0.39, 0.29) is 17.8 Å². The quantitative estimate of drug-likeness (QED) is 0.284. The summed E-state index contributed by atoms with van der Waals surface area (Å²) in [6.07, 6.45) is 11.0. The average molecular weight is 623 g/mol. The number of halogens is 3. The van der Waals surface area contributed by atoms with Gasteiger partial charge < -0.3 is 20.0 Å². The zero-order valence-electron chi connectivity index (χ0n) is 27.1. The smallest absolute Gasteiger partial charge is 0.387 e. The Labute approximate surface area is 260 Å². The Hall–Kier alpha value is -3.69. The summed E-state index contributed by atoms with van der Waals surface area (Å²) in [7, 11) is 0. The number of hydrogen-bond acceptors (Lipinski definition) is 5. The van der Waals surface area contributed by atoms with Crippen LogP contribution >= 0.6 is 0 Å². The molecule has 2 N–H and O–H groups in total. The highest BCUT2D eigenvalue weighted by Gasteiger charge is 2.17. The van der Waals surface area contributed by atoms with Crippen LogP contribution < -0.4 is 10.1 Å². The number of rotatable bonds is 8. The van der Waals surface area contributed by atoms with E-state index in [0.717, 1.165) is 29.0 Å². The van der Waals surface area contributed by atoms with Crippen LogP contribution in [0.4, 0.5) is 19.0 Å². The van der Waals surface area contributed by atoms with Crippen LogP contribution in [0.1, 0.15) is 110 Å². The summed E-state index contributed by atoms with van der Waals surface area (Å²) in [5, 5.41) is 9.70. The number of nitrogens with zero attached hydrogens (tertiary/aromatic N) is 1. The van der Waals surface area contributed by atoms with Gasteiger partial charge in [0.2, 0.25) is 5.91 Å². The second-order valence-electron chi connectivity index (χ2n) is 11.8. The molecule has 1 aromatic carbocycles. The van der Waals surface area contributed by atoms with Crippen molar-refractivity contribution in [2.45, 2.75) is 106 Å². The third kappa shape index (κ3) is 15.7. The van der Waals surface area contributed by atoms with Gasteiger partial charge in [0.15, 0.2) is 11.6 Å². The first-order valence-electron chi connectivity index (χ1n) is 14.8. The van der Waals surface area contributed by atoms with Gasteiger partial charge in [-0.1, -0.05) is 66.7 Å². The molecule has 2 aromatic rings. The lowest BCUT2D eigenvalue weighted by molar-refractivity contribution is -0.123. The van der Waals surface area contributed by atoms with Crippen molar-refractivity contribution in [3.8, 4) is 5.75 Å². The number of hydrogen-bond donors (Lipinski definition) is 2. The zero-order chi connectivity index (χ0) is 33.9. The van der Waals surface area contributed by atoms with Crippen molar-refractivity contribution >= 4 is 36.1 Å². The van der Waals surface area contributed by atoms with E-state index in [1.807, 2.05) is 26.7 Å². The predicted octanol–water partition coefficient (Wildman–Crippen LogP) is 9.34. The maximum atomic E-state index is 14.3. The molecule has 0 atom stereocenters. The number of allylic oxidation sites excluding steroid dienone is 2. The maximum Gasteiger partial charge on any atom is 0.387 e. The fraction of sp³-hybridized carbons (Fsp3) is 0.529. The van der Waals surface area contributed by atoms with Crippen molar-refractivity contribution in [2.24, 2.45) is 11.3 Å². The van der Waals surface area contributed by atoms with Gasteiger partial charge in [-0.25, -0.2) is 9.37 Å². The third-order valence-electron chi connectivity index (χ3n) is 7.08. The summed E-state index contributed by atoms with van der Waals surface area (Å²) in [5.41, 5.74) is 3.91. The molecule has 1 fully saturated rings. The molecule has 1 aliphatic rings. The van der Waals surface area contributed by atoms with Crippen LogP contribution in [-0.4, -0.2) is 35.9 Å². The molecule has 0 spiro atoms. The van der Waals surface area contributed by atoms with E-state index >= 15 is 0 Å². The summed E-state index contributed by atoms with van der Waals surface area (Å²) in [5.74, 6) is 0.109. The first kappa shape index (κ1) is 40.3. The lowest BCUT2D eigenvalue weighted by Gasteiger charge is -2.17. The SMILES string of the molecule is C=O.CC/C(=C(/C)c1cc(F)c(OC(F)F)cc1C)c1ccc(NC(=O)CCC(C)(C)C)nc1.CC1CCCCC1.O=CO. The van der Waals surface area contributed by atoms with Crippen molar-refractivity contribution in [3.63, 3.8) is 0 Å². The average Bonchev–Trinajstić information content (AvgIpc) is 2.96. The number of carboxylic acid groups (broad SMARTS) is 1. The van der Waals surface area contributed by atoms with Crippen molar-refractivity contribution in [1.29, 1.82) is 0 Å². The summed E-state index contributed by atoms with van der Waals surface area (Å²) in [6, 6.07) is 6.09. The van der Waals surface area contributed by atoms with Crippen LogP contribution in [-0.2, 0) is 14.4 Å². The molecule has 0 radical (unpaired) electrons. The first-order valence-corrected chi connectivity index (χ1v) is 14.8. The molecule has 7 nitrogen and oxygen atoms in total. The topological polar surface area (TPSA) is 106 Å². The van der Waals surface area contributed by atoms with E-state index in [9.17, 15) is 18.0 Å². The minimum absolute atomic E-state index is 0.0777. The standard InChI is InChI=1S/C25H31F3N2O2.C7H14.CH2O2.CH2O/c1-7-18(16(3)19-13-20(26)21(12-15(19)2)32-24(27)28)17-8-9-22(29-14-17)30-23(31)10-11-25(4,5)6;1-7-5-3-2-4-6-7;2-1-3;1-2/h8-9,12-14,24H,7,10-11H2,1-6H3,(H,29,30,31);7H,2-6H2,1H3;1H,(H,2,3);1H2/b18-16+;;;. The van der Waals surface area contributed by atoms with Gasteiger partial charge in [-0.2, -0.15) is 8.78 Å². The lowest BCUT2D eigenvalue weighted by atomic mass is 9.90. The van der Waals surface area contributed by atoms with Crippen LogP contribution in [0.3, 0.4) is 0 Å². The van der Waals surface area contributed by atoms with Gasteiger partial charge in [0, 0.05) is 12.6 Å². The van der Waals surface area contributed by atoms with Crippen molar-refractivity contribution in [3.05, 3.63) is 53.0 Å². The number of aromatic nitrogens is 1. The molecule has 0 unspecified atom stereocenters. The molecule has 246 valence electrons. The Morgan fingerprint density at radius 2 is 1.77 bits per heavy atom. The second-order valence-corrected chi connectivity index (χ2v) is 11.8. The van der Waals surface area contributed by atoms with E-state index in [2.05, 4.69) is 42.7 Å². The second kappa shape index (κ2) is 21.1. The van der Waals surface area contributed by atoms with Crippen molar-refractivity contribution < 1.29 is 37.4 Å². The summed E-state index contributed by atoms with van der Waals surface area (Å²) >= 11 is 0. The Balaban J connectivity index is 0.00000130. The number of aryl methyl sites for hydroxylation is 1. The largest absolute Gasteiger partial charge is 0.483 e. The minimum Gasteiger partial charge on any atom is -0.483 e. The van der Waals surface area contributed by atoms with Gasteiger partial charge in [-0.3, -0.25) is 9.59 Å². The summed E-state index contributed by atoms with van der Waals surface area (Å²) in [6.45, 7) is 12.8. The highest BCUT2D eigenvalue weighted by molar-refractivity contribution is 5.92. The van der Waals surface area contributed by atoms with Gasteiger partial charge >= 0.3 is 6.61 Å². The molecule has 1 saturated carbocycles. The fourth-order valence-corrected chi connectivity index (χ4v) is 4.74. The van der Waals surface area contributed by atoms with E-state index in [1.165, 1.54) is 44.2 Å². The van der Waals surface area contributed by atoms with Gasteiger partial charge in [0.1, 0.15) is 12.6 Å². The zero-order valence-corrected chi connectivity index (χ0v) is 27.1. The molecule has 0 bridgehead atoms. The molecule has 0 aliphatic heterocycles. The van der Waals surface area contributed by atoms with Gasteiger partial charge in [-0.05, 0) is 90.1 Å². The van der Waals surface area contributed by atoms with Crippen molar-refractivity contribution in [2.75, 3.05) is 5.32 Å².